The van der Waals surface area contributed by atoms with Crippen molar-refractivity contribution in [1.29, 1.82) is 0 Å². The zero-order valence-electron chi connectivity index (χ0n) is 13.5. The summed E-state index contributed by atoms with van der Waals surface area (Å²) in [4.78, 5) is 3.31. The highest BCUT2D eigenvalue weighted by atomic mass is 79.9. The monoisotopic (exact) mass is 410 g/mol. The number of H-pyrrole nitrogens is 1. The molecule has 1 aromatic heterocycles. The Kier molecular flexibility index (Phi) is 5.20. The molecule has 132 valence electrons. The molecule has 0 fully saturated rings. The Morgan fingerprint density at radius 1 is 1.04 bits per heavy atom. The van der Waals surface area contributed by atoms with E-state index in [4.69, 9.17) is 5.73 Å². The first-order chi connectivity index (χ1) is 11.9. The Balaban J connectivity index is 2.14. The molecule has 1 heterocycles. The minimum absolute atomic E-state index is 0.542. The van der Waals surface area contributed by atoms with Crippen LogP contribution >= 0.6 is 15.9 Å². The molecule has 0 aliphatic heterocycles. The second-order valence-electron chi connectivity index (χ2n) is 5.97. The van der Waals surface area contributed by atoms with Gasteiger partial charge in [-0.25, -0.2) is 0 Å². The van der Waals surface area contributed by atoms with Crippen LogP contribution < -0.4 is 5.73 Å². The van der Waals surface area contributed by atoms with E-state index < -0.39 is 11.7 Å². The standard InChI is InChI=1S/C19H18BrF3N2/c20-16-9-4-8-15-14(7-1-2-10-24)17(25-18(15)16)12-5-3-6-13(11-12)19(21,22)23/h3-6,8-9,11,25H,1-2,7,10,24H2. The normalized spacial score (nSPS) is 12.0. The molecule has 0 bridgehead atoms. The van der Waals surface area contributed by atoms with Crippen LogP contribution in [-0.2, 0) is 12.6 Å². The third-order valence-electron chi connectivity index (χ3n) is 4.25. The van der Waals surface area contributed by atoms with Gasteiger partial charge in [0, 0.05) is 15.6 Å². The number of para-hydroxylation sites is 1. The number of halogens is 4. The highest BCUT2D eigenvalue weighted by Crippen LogP contribution is 2.37. The number of aryl methyl sites for hydroxylation is 1. The predicted octanol–water partition coefficient (Wildman–Crippen LogP) is 5.90. The van der Waals surface area contributed by atoms with Gasteiger partial charge in [0.25, 0.3) is 0 Å². The predicted molar refractivity (Wildman–Crippen MR) is 98.4 cm³/mol. The van der Waals surface area contributed by atoms with Crippen molar-refractivity contribution in [3.05, 3.63) is 58.1 Å². The molecule has 3 N–H and O–H groups in total. The Labute approximate surface area is 152 Å². The van der Waals surface area contributed by atoms with Crippen LogP contribution in [0.15, 0.2) is 46.9 Å². The minimum atomic E-state index is -4.36. The van der Waals surface area contributed by atoms with E-state index in [2.05, 4.69) is 20.9 Å². The number of alkyl halides is 3. The molecule has 0 amide bonds. The molecule has 0 saturated carbocycles. The summed E-state index contributed by atoms with van der Waals surface area (Å²) in [7, 11) is 0. The van der Waals surface area contributed by atoms with Gasteiger partial charge in [-0.1, -0.05) is 24.3 Å². The Morgan fingerprint density at radius 2 is 1.80 bits per heavy atom. The number of rotatable bonds is 5. The molecular weight excluding hydrogens is 393 g/mol. The maximum absolute atomic E-state index is 13.1. The van der Waals surface area contributed by atoms with Crippen LogP contribution in [0.4, 0.5) is 13.2 Å². The van der Waals surface area contributed by atoms with Crippen molar-refractivity contribution in [1.82, 2.24) is 4.98 Å². The lowest BCUT2D eigenvalue weighted by molar-refractivity contribution is -0.137. The number of aromatic amines is 1. The molecule has 0 saturated heterocycles. The topological polar surface area (TPSA) is 41.8 Å². The molecule has 25 heavy (non-hydrogen) atoms. The van der Waals surface area contributed by atoms with Gasteiger partial charge < -0.3 is 10.7 Å². The van der Waals surface area contributed by atoms with E-state index in [1.165, 1.54) is 12.1 Å². The van der Waals surface area contributed by atoms with E-state index in [1.54, 1.807) is 6.07 Å². The first kappa shape index (κ1) is 18.0. The van der Waals surface area contributed by atoms with Crippen molar-refractivity contribution < 1.29 is 13.2 Å². The van der Waals surface area contributed by atoms with Gasteiger partial charge in [0.15, 0.2) is 0 Å². The number of hydrogen-bond acceptors (Lipinski definition) is 1. The Hall–Kier alpha value is -1.79. The molecule has 2 aromatic carbocycles. The summed E-state index contributed by atoms with van der Waals surface area (Å²) in [5, 5.41) is 1.03. The highest BCUT2D eigenvalue weighted by molar-refractivity contribution is 9.10. The van der Waals surface area contributed by atoms with Crippen molar-refractivity contribution in [3.63, 3.8) is 0 Å². The third kappa shape index (κ3) is 3.75. The maximum Gasteiger partial charge on any atom is 0.416 e. The lowest BCUT2D eigenvalue weighted by Gasteiger charge is -2.10. The molecule has 3 aromatic rings. The first-order valence-corrected chi connectivity index (χ1v) is 8.88. The molecule has 0 radical (unpaired) electrons. The zero-order chi connectivity index (χ0) is 18.0. The number of fused-ring (bicyclic) bond motifs is 1. The minimum Gasteiger partial charge on any atom is -0.353 e. The van der Waals surface area contributed by atoms with E-state index in [-0.39, 0.29) is 0 Å². The number of benzene rings is 2. The number of nitrogens with one attached hydrogen (secondary N) is 1. The van der Waals surface area contributed by atoms with Gasteiger partial charge in [0.2, 0.25) is 0 Å². The summed E-state index contributed by atoms with van der Waals surface area (Å²) in [5.41, 5.74) is 8.15. The molecule has 0 spiro atoms. The summed E-state index contributed by atoms with van der Waals surface area (Å²) in [5.74, 6) is 0. The fraction of sp³-hybridized carbons (Fsp3) is 0.263. The van der Waals surface area contributed by atoms with Crippen LogP contribution in [0.25, 0.3) is 22.2 Å². The molecule has 0 atom stereocenters. The summed E-state index contributed by atoms with van der Waals surface area (Å²) in [6.45, 7) is 0.602. The van der Waals surface area contributed by atoms with Gasteiger partial charge in [-0.3, -0.25) is 0 Å². The van der Waals surface area contributed by atoms with Crippen LogP contribution in [0.1, 0.15) is 24.0 Å². The summed E-state index contributed by atoms with van der Waals surface area (Å²) in [6.07, 6.45) is -1.83. The third-order valence-corrected chi connectivity index (χ3v) is 4.91. The SMILES string of the molecule is NCCCCc1c(-c2cccc(C(F)(F)F)c2)[nH]c2c(Br)cccc12. The number of aromatic nitrogens is 1. The molecule has 0 aliphatic rings. The fourth-order valence-electron chi connectivity index (χ4n) is 3.04. The van der Waals surface area contributed by atoms with Crippen LogP contribution in [0.5, 0.6) is 0 Å². The van der Waals surface area contributed by atoms with Crippen LogP contribution in [-0.4, -0.2) is 11.5 Å². The highest BCUT2D eigenvalue weighted by Gasteiger charge is 2.30. The zero-order valence-corrected chi connectivity index (χ0v) is 15.0. The fourth-order valence-corrected chi connectivity index (χ4v) is 3.51. The second-order valence-corrected chi connectivity index (χ2v) is 6.82. The average Bonchev–Trinajstić information content (AvgIpc) is 2.95. The summed E-state index contributed by atoms with van der Waals surface area (Å²) in [6, 6.07) is 11.3. The smallest absolute Gasteiger partial charge is 0.353 e. The van der Waals surface area contributed by atoms with Gasteiger partial charge in [-0.05, 0) is 71.1 Å². The molecule has 0 unspecified atom stereocenters. The molecular formula is C19H18BrF3N2. The van der Waals surface area contributed by atoms with Crippen LogP contribution in [0.3, 0.4) is 0 Å². The number of nitrogens with two attached hydrogens (primary N) is 1. The van der Waals surface area contributed by atoms with Crippen molar-refractivity contribution in [3.8, 4) is 11.3 Å². The van der Waals surface area contributed by atoms with Gasteiger partial charge in [0.05, 0.1) is 11.1 Å². The van der Waals surface area contributed by atoms with E-state index in [1.807, 2.05) is 18.2 Å². The maximum atomic E-state index is 13.1. The molecule has 6 heteroatoms. The van der Waals surface area contributed by atoms with E-state index in [0.29, 0.717) is 12.1 Å². The van der Waals surface area contributed by atoms with E-state index in [0.717, 1.165) is 52.0 Å². The molecule has 0 aliphatic carbocycles. The van der Waals surface area contributed by atoms with Crippen molar-refractivity contribution >= 4 is 26.8 Å². The average molecular weight is 411 g/mol. The van der Waals surface area contributed by atoms with Crippen molar-refractivity contribution in [2.45, 2.75) is 25.4 Å². The summed E-state index contributed by atoms with van der Waals surface area (Å²) >= 11 is 3.51. The van der Waals surface area contributed by atoms with Crippen molar-refractivity contribution in [2.24, 2.45) is 5.73 Å². The van der Waals surface area contributed by atoms with Gasteiger partial charge in [-0.2, -0.15) is 13.2 Å². The largest absolute Gasteiger partial charge is 0.416 e. The van der Waals surface area contributed by atoms with Gasteiger partial charge in [-0.15, -0.1) is 0 Å². The van der Waals surface area contributed by atoms with Crippen molar-refractivity contribution in [2.75, 3.05) is 6.54 Å². The second kappa shape index (κ2) is 7.22. The first-order valence-electron chi connectivity index (χ1n) is 8.08. The lowest BCUT2D eigenvalue weighted by Crippen LogP contribution is -2.04. The molecule has 3 rings (SSSR count). The van der Waals surface area contributed by atoms with Gasteiger partial charge >= 0.3 is 6.18 Å². The van der Waals surface area contributed by atoms with Gasteiger partial charge in [0.1, 0.15) is 0 Å². The number of hydrogen-bond donors (Lipinski definition) is 2. The van der Waals surface area contributed by atoms with E-state index in [9.17, 15) is 13.2 Å². The Bertz CT molecular complexity index is 884. The quantitative estimate of drug-likeness (QED) is 0.505. The number of unbranched alkanes of at least 4 members (excludes halogenated alkanes) is 1. The molecule has 2 nitrogen and oxygen atoms in total. The summed E-state index contributed by atoms with van der Waals surface area (Å²) < 4.78 is 40.1. The Morgan fingerprint density at radius 3 is 2.52 bits per heavy atom. The van der Waals surface area contributed by atoms with Crippen LogP contribution in [0.2, 0.25) is 0 Å². The van der Waals surface area contributed by atoms with E-state index >= 15 is 0 Å². The lowest BCUT2D eigenvalue weighted by atomic mass is 9.99. The van der Waals surface area contributed by atoms with Crippen LogP contribution in [0, 0.1) is 0 Å².